The molecule has 0 saturated carbocycles. The number of pyridine rings is 1. The van der Waals surface area contributed by atoms with E-state index in [4.69, 9.17) is 17.3 Å². The van der Waals surface area contributed by atoms with Gasteiger partial charge in [-0.2, -0.15) is 5.10 Å². The minimum atomic E-state index is -0.636. The molecule has 2 amide bonds. The fourth-order valence-corrected chi connectivity index (χ4v) is 3.38. The Labute approximate surface area is 172 Å². The van der Waals surface area contributed by atoms with Gasteiger partial charge in [-0.25, -0.2) is 9.67 Å². The van der Waals surface area contributed by atoms with Crippen molar-refractivity contribution in [1.29, 1.82) is 0 Å². The highest BCUT2D eigenvalue weighted by Gasteiger charge is 2.20. The van der Waals surface area contributed by atoms with Gasteiger partial charge in [-0.1, -0.05) is 11.6 Å². The number of carbonyl (C=O) groups excluding carboxylic acids is 2. The zero-order valence-electron chi connectivity index (χ0n) is 13.9. The largest absolute Gasteiger partial charge is 0.366 e. The second-order valence-corrected chi connectivity index (χ2v) is 7.40. The Kier molecular flexibility index (Phi) is 5.83. The Morgan fingerprint density at radius 1 is 1.30 bits per heavy atom. The van der Waals surface area contributed by atoms with Gasteiger partial charge in [0.1, 0.15) is 10.3 Å². The first-order valence-corrected chi connectivity index (χ1v) is 9.96. The Hall–Kier alpha value is -2.36. The maximum atomic E-state index is 12.8. The standard InChI is InChI=1S/C17H13BrClN5O2S/c1-27-9-4-5-12(10(7-9)15(20)25)22-17(26)13-8-14(18)23-24(13)16-11(19)3-2-6-21-16/h2-8H,1H3,(H2,20,25)(H,22,26). The van der Waals surface area contributed by atoms with Crippen LogP contribution in [0.3, 0.4) is 0 Å². The number of nitrogens with one attached hydrogen (secondary N) is 1. The van der Waals surface area contributed by atoms with E-state index in [9.17, 15) is 9.59 Å². The van der Waals surface area contributed by atoms with Crippen LogP contribution >= 0.6 is 39.3 Å². The molecule has 0 aliphatic heterocycles. The Morgan fingerprint density at radius 3 is 2.74 bits per heavy atom. The molecular weight excluding hydrogens is 454 g/mol. The van der Waals surface area contributed by atoms with Crippen molar-refractivity contribution in [1.82, 2.24) is 14.8 Å². The molecule has 0 spiro atoms. The highest BCUT2D eigenvalue weighted by molar-refractivity contribution is 9.10. The van der Waals surface area contributed by atoms with E-state index >= 15 is 0 Å². The van der Waals surface area contributed by atoms with E-state index in [1.807, 2.05) is 6.26 Å². The van der Waals surface area contributed by atoms with Gasteiger partial charge in [0, 0.05) is 17.2 Å². The topological polar surface area (TPSA) is 103 Å². The number of anilines is 1. The molecule has 2 aromatic heterocycles. The Balaban J connectivity index is 1.99. The summed E-state index contributed by atoms with van der Waals surface area (Å²) in [6.07, 6.45) is 3.43. The summed E-state index contributed by atoms with van der Waals surface area (Å²) in [7, 11) is 0. The summed E-state index contributed by atoms with van der Waals surface area (Å²) in [5, 5.41) is 7.26. The van der Waals surface area contributed by atoms with Gasteiger partial charge in [-0.05, 0) is 52.5 Å². The Morgan fingerprint density at radius 2 is 2.07 bits per heavy atom. The average molecular weight is 467 g/mol. The van der Waals surface area contributed by atoms with Gasteiger partial charge >= 0.3 is 0 Å². The summed E-state index contributed by atoms with van der Waals surface area (Å²) >= 11 is 10.9. The first-order valence-electron chi connectivity index (χ1n) is 7.56. The number of primary amides is 1. The fourth-order valence-electron chi connectivity index (χ4n) is 2.36. The summed E-state index contributed by atoms with van der Waals surface area (Å²) in [6, 6.07) is 9.90. The number of rotatable bonds is 5. The normalized spacial score (nSPS) is 10.6. The SMILES string of the molecule is CSc1ccc(NC(=O)c2cc(Br)nn2-c2ncccc2Cl)c(C(N)=O)c1. The number of hydrogen-bond acceptors (Lipinski definition) is 5. The summed E-state index contributed by atoms with van der Waals surface area (Å²) < 4.78 is 1.75. The monoisotopic (exact) mass is 465 g/mol. The minimum absolute atomic E-state index is 0.187. The summed E-state index contributed by atoms with van der Waals surface area (Å²) in [4.78, 5) is 29.6. The average Bonchev–Trinajstić information content (AvgIpc) is 3.04. The third-order valence-corrected chi connectivity index (χ3v) is 5.00. The zero-order chi connectivity index (χ0) is 19.6. The van der Waals surface area contributed by atoms with Crippen molar-refractivity contribution in [2.45, 2.75) is 4.90 Å². The number of benzene rings is 1. The Bertz CT molecular complexity index is 1040. The van der Waals surface area contributed by atoms with Crippen LogP contribution in [0.2, 0.25) is 5.02 Å². The lowest BCUT2D eigenvalue weighted by Gasteiger charge is -2.11. The molecule has 1 aromatic carbocycles. The first-order chi connectivity index (χ1) is 12.9. The molecule has 10 heteroatoms. The van der Waals surface area contributed by atoms with Crippen LogP contribution in [0, 0.1) is 0 Å². The van der Waals surface area contributed by atoms with Crippen LogP contribution in [-0.2, 0) is 0 Å². The van der Waals surface area contributed by atoms with Crippen molar-refractivity contribution in [3.8, 4) is 5.82 Å². The lowest BCUT2D eigenvalue weighted by molar-refractivity contribution is 0.100. The molecule has 3 aromatic rings. The molecule has 3 rings (SSSR count). The molecule has 3 N–H and O–H groups in total. The predicted octanol–water partition coefficient (Wildman–Crippen LogP) is 3.76. The third kappa shape index (κ3) is 4.15. The van der Waals surface area contributed by atoms with Crippen molar-refractivity contribution >= 4 is 56.8 Å². The van der Waals surface area contributed by atoms with Crippen molar-refractivity contribution in [3.63, 3.8) is 0 Å². The molecule has 0 unspecified atom stereocenters. The molecule has 0 fully saturated rings. The molecule has 0 radical (unpaired) electrons. The van der Waals surface area contributed by atoms with E-state index in [0.717, 1.165) is 4.90 Å². The molecule has 0 atom stereocenters. The number of nitrogens with zero attached hydrogens (tertiary/aromatic N) is 3. The predicted molar refractivity (Wildman–Crippen MR) is 109 cm³/mol. The van der Waals surface area contributed by atoms with Crippen LogP contribution in [0.15, 0.2) is 52.1 Å². The maximum absolute atomic E-state index is 12.8. The van der Waals surface area contributed by atoms with Gasteiger partial charge in [0.2, 0.25) is 0 Å². The molecule has 27 heavy (non-hydrogen) atoms. The van der Waals surface area contributed by atoms with Crippen LogP contribution in [-0.4, -0.2) is 32.8 Å². The highest BCUT2D eigenvalue weighted by atomic mass is 79.9. The van der Waals surface area contributed by atoms with Crippen LogP contribution in [0.1, 0.15) is 20.8 Å². The molecule has 2 heterocycles. The van der Waals surface area contributed by atoms with Crippen LogP contribution in [0.5, 0.6) is 0 Å². The number of thioether (sulfide) groups is 1. The zero-order valence-corrected chi connectivity index (χ0v) is 17.1. The number of hydrogen-bond donors (Lipinski definition) is 2. The first kappa shape index (κ1) is 19.4. The summed E-state index contributed by atoms with van der Waals surface area (Å²) in [6.45, 7) is 0. The van der Waals surface area contributed by atoms with Crippen LogP contribution < -0.4 is 11.1 Å². The van der Waals surface area contributed by atoms with Gasteiger partial charge in [0.25, 0.3) is 11.8 Å². The summed E-state index contributed by atoms with van der Waals surface area (Å²) in [5.74, 6) is -0.819. The maximum Gasteiger partial charge on any atom is 0.274 e. The smallest absolute Gasteiger partial charge is 0.274 e. The van der Waals surface area contributed by atoms with Gasteiger partial charge < -0.3 is 11.1 Å². The molecule has 0 aliphatic rings. The van der Waals surface area contributed by atoms with E-state index in [0.29, 0.717) is 21.1 Å². The van der Waals surface area contributed by atoms with E-state index in [2.05, 4.69) is 31.3 Å². The minimum Gasteiger partial charge on any atom is -0.366 e. The second kappa shape index (κ2) is 8.12. The number of halogens is 2. The number of aromatic nitrogens is 3. The molecule has 0 aliphatic carbocycles. The van der Waals surface area contributed by atoms with Crippen LogP contribution in [0.25, 0.3) is 5.82 Å². The van der Waals surface area contributed by atoms with E-state index in [1.165, 1.54) is 22.5 Å². The highest BCUT2D eigenvalue weighted by Crippen LogP contribution is 2.25. The molecule has 7 nitrogen and oxygen atoms in total. The van der Waals surface area contributed by atoms with Gasteiger partial charge in [-0.15, -0.1) is 11.8 Å². The quantitative estimate of drug-likeness (QED) is 0.557. The van der Waals surface area contributed by atoms with Crippen molar-refractivity contribution in [2.75, 3.05) is 11.6 Å². The fraction of sp³-hybridized carbons (Fsp3) is 0.0588. The molecule has 0 bridgehead atoms. The number of carbonyl (C=O) groups is 2. The van der Waals surface area contributed by atoms with Crippen molar-refractivity contribution in [2.24, 2.45) is 5.73 Å². The van der Waals surface area contributed by atoms with Crippen molar-refractivity contribution < 1.29 is 9.59 Å². The molecule has 138 valence electrons. The van der Waals surface area contributed by atoms with Gasteiger partial charge in [0.05, 0.1) is 16.3 Å². The van der Waals surface area contributed by atoms with E-state index in [-0.39, 0.29) is 11.3 Å². The number of nitrogens with two attached hydrogens (primary N) is 1. The van der Waals surface area contributed by atoms with Crippen LogP contribution in [0.4, 0.5) is 5.69 Å². The second-order valence-electron chi connectivity index (χ2n) is 5.30. The van der Waals surface area contributed by atoms with Crippen molar-refractivity contribution in [3.05, 3.63) is 63.5 Å². The molecular formula is C17H13BrClN5O2S. The lowest BCUT2D eigenvalue weighted by atomic mass is 10.1. The molecule has 0 saturated heterocycles. The third-order valence-electron chi connectivity index (χ3n) is 3.59. The van der Waals surface area contributed by atoms with Gasteiger partial charge in [-0.3, -0.25) is 9.59 Å². The van der Waals surface area contributed by atoms with E-state index in [1.54, 1.807) is 36.5 Å². The van der Waals surface area contributed by atoms with Gasteiger partial charge in [0.15, 0.2) is 5.82 Å². The van der Waals surface area contributed by atoms with E-state index < -0.39 is 11.8 Å². The lowest BCUT2D eigenvalue weighted by Crippen LogP contribution is -2.21. The summed E-state index contributed by atoms with van der Waals surface area (Å²) in [5.41, 5.74) is 6.16. The number of amides is 2.